The van der Waals surface area contributed by atoms with Gasteiger partial charge in [0.25, 0.3) is 0 Å². The minimum absolute atomic E-state index is 0.708. The molecule has 100 valence electrons. The van der Waals surface area contributed by atoms with Gasteiger partial charge in [0, 0.05) is 38.6 Å². The maximum atomic E-state index is 4.64. The van der Waals surface area contributed by atoms with Gasteiger partial charge in [-0.2, -0.15) is 16.7 Å². The van der Waals surface area contributed by atoms with Crippen LogP contribution in [0.15, 0.2) is 12.3 Å². The fourth-order valence-corrected chi connectivity index (χ4v) is 2.95. The van der Waals surface area contributed by atoms with Crippen molar-refractivity contribution in [2.24, 2.45) is 0 Å². The molecule has 0 amide bonds. The van der Waals surface area contributed by atoms with Crippen LogP contribution < -0.4 is 9.80 Å². The molecule has 1 atom stereocenters. The van der Waals surface area contributed by atoms with Gasteiger partial charge in [0.05, 0.1) is 0 Å². The van der Waals surface area contributed by atoms with E-state index in [2.05, 4.69) is 21.1 Å². The van der Waals surface area contributed by atoms with Crippen molar-refractivity contribution in [1.29, 1.82) is 0 Å². The monoisotopic (exact) mass is 266 g/mol. The van der Waals surface area contributed by atoms with Gasteiger partial charge >= 0.3 is 0 Å². The summed E-state index contributed by atoms with van der Waals surface area (Å²) in [5.41, 5.74) is 0. The van der Waals surface area contributed by atoms with Crippen molar-refractivity contribution in [3.8, 4) is 0 Å². The molecule has 0 aliphatic carbocycles. The second-order valence-corrected chi connectivity index (χ2v) is 6.05. The molecule has 2 rings (SSSR count). The Morgan fingerprint density at radius 2 is 2.22 bits per heavy atom. The van der Waals surface area contributed by atoms with E-state index in [-0.39, 0.29) is 0 Å². The molecule has 1 saturated heterocycles. The Morgan fingerprint density at radius 3 is 2.94 bits per heavy atom. The molecule has 0 N–H and O–H groups in total. The zero-order chi connectivity index (χ0) is 13.0. The predicted octanol–water partition coefficient (Wildman–Crippen LogP) is 2.26. The van der Waals surface area contributed by atoms with Crippen LogP contribution in [0.1, 0.15) is 19.3 Å². The molecule has 0 spiro atoms. The molecule has 0 aromatic carbocycles. The first kappa shape index (κ1) is 13.5. The van der Waals surface area contributed by atoms with E-state index >= 15 is 0 Å². The van der Waals surface area contributed by atoms with Crippen LogP contribution in [0.25, 0.3) is 0 Å². The number of aromatic nitrogens is 2. The molecule has 0 radical (unpaired) electrons. The van der Waals surface area contributed by atoms with E-state index in [0.29, 0.717) is 5.25 Å². The van der Waals surface area contributed by atoms with Crippen molar-refractivity contribution in [2.75, 3.05) is 43.2 Å². The fourth-order valence-electron chi connectivity index (χ4n) is 2.22. The lowest BCUT2D eigenvalue weighted by atomic mass is 10.2. The van der Waals surface area contributed by atoms with Crippen LogP contribution in [0.2, 0.25) is 0 Å². The van der Waals surface area contributed by atoms with Gasteiger partial charge < -0.3 is 9.80 Å². The minimum Gasteiger partial charge on any atom is -0.363 e. The number of rotatable bonds is 3. The number of thioether (sulfide) groups is 1. The van der Waals surface area contributed by atoms with Crippen molar-refractivity contribution < 1.29 is 0 Å². The highest BCUT2D eigenvalue weighted by Crippen LogP contribution is 2.23. The topological polar surface area (TPSA) is 32.3 Å². The number of nitrogens with zero attached hydrogens (tertiary/aromatic N) is 4. The minimum atomic E-state index is 0.708. The molecule has 1 aromatic heterocycles. The molecule has 0 bridgehead atoms. The number of hydrogen-bond donors (Lipinski definition) is 0. The van der Waals surface area contributed by atoms with Crippen molar-refractivity contribution >= 4 is 23.5 Å². The van der Waals surface area contributed by atoms with Gasteiger partial charge in [-0.05, 0) is 25.2 Å². The van der Waals surface area contributed by atoms with E-state index in [9.17, 15) is 0 Å². The molecule has 4 nitrogen and oxygen atoms in total. The molecule has 1 unspecified atom stereocenters. The second-order valence-electron chi connectivity index (χ2n) is 4.91. The summed E-state index contributed by atoms with van der Waals surface area (Å²) in [5.74, 6) is 1.85. The van der Waals surface area contributed by atoms with E-state index < -0.39 is 0 Å². The highest BCUT2D eigenvalue weighted by atomic mass is 32.2. The standard InChI is InChI=1S/C13H22N4S/c1-16(2)12-7-8-14-13(15-12)17-9-5-4-6-11(10-17)18-3/h7-8,11H,4-6,9-10H2,1-3H3. The van der Waals surface area contributed by atoms with Crippen LogP contribution in [0.5, 0.6) is 0 Å². The van der Waals surface area contributed by atoms with E-state index in [1.165, 1.54) is 19.3 Å². The zero-order valence-corrected chi connectivity index (χ0v) is 12.3. The largest absolute Gasteiger partial charge is 0.363 e. The predicted molar refractivity (Wildman–Crippen MR) is 79.7 cm³/mol. The Labute approximate surface area is 114 Å². The van der Waals surface area contributed by atoms with Gasteiger partial charge in [0.2, 0.25) is 5.95 Å². The van der Waals surface area contributed by atoms with Crippen LogP contribution in [0, 0.1) is 0 Å². The summed E-state index contributed by atoms with van der Waals surface area (Å²) in [6.07, 6.45) is 7.93. The molecule has 1 aliphatic rings. The van der Waals surface area contributed by atoms with Crippen LogP contribution in [0.3, 0.4) is 0 Å². The van der Waals surface area contributed by atoms with E-state index in [1.54, 1.807) is 0 Å². The summed E-state index contributed by atoms with van der Waals surface area (Å²) in [6.45, 7) is 2.14. The summed E-state index contributed by atoms with van der Waals surface area (Å²) < 4.78 is 0. The van der Waals surface area contributed by atoms with E-state index in [0.717, 1.165) is 24.9 Å². The first-order chi connectivity index (χ1) is 8.70. The van der Waals surface area contributed by atoms with E-state index in [1.807, 2.05) is 43.0 Å². The van der Waals surface area contributed by atoms with Gasteiger partial charge in [-0.1, -0.05) is 6.42 Å². The van der Waals surface area contributed by atoms with Crippen molar-refractivity contribution in [3.05, 3.63) is 12.3 Å². The maximum Gasteiger partial charge on any atom is 0.227 e. The molecular formula is C13H22N4S. The lowest BCUT2D eigenvalue weighted by Crippen LogP contribution is -2.31. The summed E-state index contributed by atoms with van der Waals surface area (Å²) >= 11 is 1.96. The van der Waals surface area contributed by atoms with Crippen LogP contribution in [0.4, 0.5) is 11.8 Å². The van der Waals surface area contributed by atoms with Gasteiger partial charge in [-0.15, -0.1) is 0 Å². The first-order valence-corrected chi connectivity index (χ1v) is 7.77. The highest BCUT2D eigenvalue weighted by Gasteiger charge is 2.19. The molecule has 2 heterocycles. The summed E-state index contributed by atoms with van der Waals surface area (Å²) in [4.78, 5) is 13.4. The van der Waals surface area contributed by atoms with Crippen LogP contribution >= 0.6 is 11.8 Å². The molecular weight excluding hydrogens is 244 g/mol. The Kier molecular flexibility index (Phi) is 4.69. The molecule has 1 aromatic rings. The lowest BCUT2D eigenvalue weighted by molar-refractivity contribution is 0.735. The lowest BCUT2D eigenvalue weighted by Gasteiger charge is -2.24. The highest BCUT2D eigenvalue weighted by molar-refractivity contribution is 7.99. The molecule has 1 fully saturated rings. The SMILES string of the molecule is CSC1CCCCN(c2nccc(N(C)C)n2)C1. The smallest absolute Gasteiger partial charge is 0.227 e. The van der Waals surface area contributed by atoms with Crippen LogP contribution in [-0.2, 0) is 0 Å². The summed E-state index contributed by atoms with van der Waals surface area (Å²) in [6, 6.07) is 1.95. The van der Waals surface area contributed by atoms with Crippen LogP contribution in [-0.4, -0.2) is 48.7 Å². The van der Waals surface area contributed by atoms with E-state index in [4.69, 9.17) is 0 Å². The molecule has 0 saturated carbocycles. The Morgan fingerprint density at radius 1 is 1.39 bits per heavy atom. The normalized spacial score (nSPS) is 20.6. The van der Waals surface area contributed by atoms with Crippen molar-refractivity contribution in [3.63, 3.8) is 0 Å². The number of hydrogen-bond acceptors (Lipinski definition) is 5. The third-order valence-electron chi connectivity index (χ3n) is 3.33. The van der Waals surface area contributed by atoms with Gasteiger partial charge in [0.15, 0.2) is 0 Å². The Hall–Kier alpha value is -0.970. The van der Waals surface area contributed by atoms with Gasteiger partial charge in [0.1, 0.15) is 5.82 Å². The maximum absolute atomic E-state index is 4.64. The Bertz CT molecular complexity index is 383. The van der Waals surface area contributed by atoms with Crippen molar-refractivity contribution in [1.82, 2.24) is 9.97 Å². The molecule has 18 heavy (non-hydrogen) atoms. The fraction of sp³-hybridized carbons (Fsp3) is 0.692. The van der Waals surface area contributed by atoms with Gasteiger partial charge in [-0.3, -0.25) is 0 Å². The summed E-state index contributed by atoms with van der Waals surface area (Å²) in [7, 11) is 4.03. The van der Waals surface area contributed by atoms with Gasteiger partial charge in [-0.25, -0.2) is 4.98 Å². The Balaban J connectivity index is 2.15. The zero-order valence-electron chi connectivity index (χ0n) is 11.5. The second kappa shape index (κ2) is 6.27. The average molecular weight is 266 g/mol. The third-order valence-corrected chi connectivity index (χ3v) is 4.38. The summed E-state index contributed by atoms with van der Waals surface area (Å²) in [5, 5.41) is 0.708. The quantitative estimate of drug-likeness (QED) is 0.838. The van der Waals surface area contributed by atoms with Crippen molar-refractivity contribution in [2.45, 2.75) is 24.5 Å². The third kappa shape index (κ3) is 3.28. The average Bonchev–Trinajstić information content (AvgIpc) is 2.64. The first-order valence-electron chi connectivity index (χ1n) is 6.49. The molecule has 1 aliphatic heterocycles. The molecule has 5 heteroatoms. The number of anilines is 2.